The molecule has 0 bridgehead atoms. The van der Waals surface area contributed by atoms with Gasteiger partial charge in [-0.1, -0.05) is 0 Å². The van der Waals surface area contributed by atoms with E-state index in [0.717, 1.165) is 19.4 Å². The van der Waals surface area contributed by atoms with Crippen molar-refractivity contribution in [3.05, 3.63) is 33.9 Å². The largest absolute Gasteiger partial charge is 0.378 e. The van der Waals surface area contributed by atoms with Crippen molar-refractivity contribution in [1.29, 1.82) is 0 Å². The molecule has 1 aliphatic rings. The lowest BCUT2D eigenvalue weighted by molar-refractivity contribution is -0.384. The van der Waals surface area contributed by atoms with Crippen LogP contribution in [0.3, 0.4) is 0 Å². The highest BCUT2D eigenvalue weighted by molar-refractivity contribution is 5.95. The Labute approximate surface area is 123 Å². The van der Waals surface area contributed by atoms with Gasteiger partial charge in [0, 0.05) is 38.3 Å². The first-order valence-electron chi connectivity index (χ1n) is 6.96. The van der Waals surface area contributed by atoms with Gasteiger partial charge in [0.1, 0.15) is 5.69 Å². The normalized spacial score (nSPS) is 17.5. The second kappa shape index (κ2) is 6.53. The number of hydrogen-bond donors (Lipinski definition) is 2. The average Bonchev–Trinajstić information content (AvgIpc) is 2.97. The summed E-state index contributed by atoms with van der Waals surface area (Å²) in [5.74, 6) is -0.174. The molecule has 1 heterocycles. The molecule has 1 atom stereocenters. The van der Waals surface area contributed by atoms with Crippen molar-refractivity contribution in [2.45, 2.75) is 18.9 Å². The van der Waals surface area contributed by atoms with Gasteiger partial charge in [-0.05, 0) is 31.5 Å². The molecule has 21 heavy (non-hydrogen) atoms. The highest BCUT2D eigenvalue weighted by Gasteiger charge is 2.19. The Morgan fingerprint density at radius 1 is 1.52 bits per heavy atom. The van der Waals surface area contributed by atoms with Gasteiger partial charge in [0.05, 0.1) is 4.92 Å². The lowest BCUT2D eigenvalue weighted by Crippen LogP contribution is -2.29. The van der Waals surface area contributed by atoms with Gasteiger partial charge in [-0.2, -0.15) is 0 Å². The molecular formula is C14H20N4O3. The van der Waals surface area contributed by atoms with Crippen molar-refractivity contribution in [2.24, 2.45) is 0 Å². The van der Waals surface area contributed by atoms with Crippen LogP contribution in [0.25, 0.3) is 0 Å². The van der Waals surface area contributed by atoms with E-state index < -0.39 is 4.92 Å². The molecule has 0 spiro atoms. The van der Waals surface area contributed by atoms with E-state index in [1.165, 1.54) is 17.0 Å². The molecule has 1 aromatic carbocycles. The first-order chi connectivity index (χ1) is 9.99. The zero-order valence-corrected chi connectivity index (χ0v) is 12.3. The Bertz CT molecular complexity index is 539. The second-order valence-corrected chi connectivity index (χ2v) is 5.36. The lowest BCUT2D eigenvalue weighted by Gasteiger charge is -2.15. The predicted octanol–water partition coefficient (Wildman–Crippen LogP) is 1.46. The van der Waals surface area contributed by atoms with Gasteiger partial charge in [0.15, 0.2) is 0 Å². The number of benzene rings is 1. The number of nitro groups is 1. The molecule has 1 fully saturated rings. The maximum absolute atomic E-state index is 12.0. The van der Waals surface area contributed by atoms with Crippen molar-refractivity contribution in [3.8, 4) is 0 Å². The van der Waals surface area contributed by atoms with Crippen LogP contribution in [0.4, 0.5) is 11.4 Å². The van der Waals surface area contributed by atoms with E-state index in [0.29, 0.717) is 23.8 Å². The van der Waals surface area contributed by atoms with E-state index >= 15 is 0 Å². The van der Waals surface area contributed by atoms with Crippen LogP contribution in [0.5, 0.6) is 0 Å². The summed E-state index contributed by atoms with van der Waals surface area (Å²) in [6.07, 6.45) is 2.17. The summed E-state index contributed by atoms with van der Waals surface area (Å²) >= 11 is 0. The summed E-state index contributed by atoms with van der Waals surface area (Å²) in [7, 11) is 3.30. The summed E-state index contributed by atoms with van der Waals surface area (Å²) < 4.78 is 0. The summed E-state index contributed by atoms with van der Waals surface area (Å²) in [5.41, 5.74) is 0.817. The SMILES string of the molecule is CN(C)C(=O)c1ccc([N+](=O)[O-])c(NCC2CCCN2)c1. The third-order valence-corrected chi connectivity index (χ3v) is 3.55. The fourth-order valence-corrected chi connectivity index (χ4v) is 2.39. The Morgan fingerprint density at radius 3 is 2.86 bits per heavy atom. The molecular weight excluding hydrogens is 272 g/mol. The third kappa shape index (κ3) is 3.69. The molecule has 1 unspecified atom stereocenters. The number of nitro benzene ring substituents is 1. The zero-order valence-electron chi connectivity index (χ0n) is 12.3. The number of amides is 1. The number of nitrogens with zero attached hydrogens (tertiary/aromatic N) is 2. The number of rotatable bonds is 5. The van der Waals surface area contributed by atoms with E-state index in [9.17, 15) is 14.9 Å². The molecule has 0 radical (unpaired) electrons. The van der Waals surface area contributed by atoms with Crippen LogP contribution in [-0.4, -0.2) is 49.0 Å². The van der Waals surface area contributed by atoms with Gasteiger partial charge in [0.25, 0.3) is 11.6 Å². The Kier molecular flexibility index (Phi) is 4.74. The van der Waals surface area contributed by atoms with E-state index in [-0.39, 0.29) is 11.6 Å². The third-order valence-electron chi connectivity index (χ3n) is 3.55. The number of nitrogens with one attached hydrogen (secondary N) is 2. The van der Waals surface area contributed by atoms with Crippen molar-refractivity contribution in [1.82, 2.24) is 10.2 Å². The van der Waals surface area contributed by atoms with Crippen LogP contribution in [-0.2, 0) is 0 Å². The number of anilines is 1. The van der Waals surface area contributed by atoms with E-state index in [2.05, 4.69) is 10.6 Å². The molecule has 1 amide bonds. The van der Waals surface area contributed by atoms with Gasteiger partial charge >= 0.3 is 0 Å². The quantitative estimate of drug-likeness (QED) is 0.633. The summed E-state index contributed by atoms with van der Waals surface area (Å²) in [4.78, 5) is 24.1. The smallest absolute Gasteiger partial charge is 0.292 e. The standard InChI is InChI=1S/C14H20N4O3/c1-17(2)14(19)10-5-6-13(18(20)21)12(8-10)16-9-11-4-3-7-15-11/h5-6,8,11,15-16H,3-4,7,9H2,1-2H3. The van der Waals surface area contributed by atoms with Crippen LogP contribution in [0.1, 0.15) is 23.2 Å². The maximum Gasteiger partial charge on any atom is 0.292 e. The van der Waals surface area contributed by atoms with Crippen molar-refractivity contribution in [2.75, 3.05) is 32.5 Å². The topological polar surface area (TPSA) is 87.5 Å². The zero-order chi connectivity index (χ0) is 15.4. The fraction of sp³-hybridized carbons (Fsp3) is 0.500. The van der Waals surface area contributed by atoms with Gasteiger partial charge in [0.2, 0.25) is 0 Å². The van der Waals surface area contributed by atoms with E-state index in [1.54, 1.807) is 20.2 Å². The van der Waals surface area contributed by atoms with E-state index in [1.807, 2.05) is 0 Å². The van der Waals surface area contributed by atoms with Crippen LogP contribution in [0, 0.1) is 10.1 Å². The number of carbonyl (C=O) groups is 1. The first-order valence-corrected chi connectivity index (χ1v) is 6.96. The number of carbonyl (C=O) groups excluding carboxylic acids is 1. The molecule has 2 rings (SSSR count). The predicted molar refractivity (Wildman–Crippen MR) is 80.6 cm³/mol. The monoisotopic (exact) mass is 292 g/mol. The highest BCUT2D eigenvalue weighted by atomic mass is 16.6. The summed E-state index contributed by atoms with van der Waals surface area (Å²) in [5, 5.41) is 17.5. The van der Waals surface area contributed by atoms with Crippen LogP contribution < -0.4 is 10.6 Å². The molecule has 0 saturated carbocycles. The van der Waals surface area contributed by atoms with Gasteiger partial charge in [-0.15, -0.1) is 0 Å². The van der Waals surface area contributed by atoms with Crippen LogP contribution in [0.15, 0.2) is 18.2 Å². The van der Waals surface area contributed by atoms with Crippen LogP contribution in [0.2, 0.25) is 0 Å². The highest BCUT2D eigenvalue weighted by Crippen LogP contribution is 2.26. The molecule has 7 nitrogen and oxygen atoms in total. The minimum Gasteiger partial charge on any atom is -0.378 e. The second-order valence-electron chi connectivity index (χ2n) is 5.36. The minimum absolute atomic E-state index is 0.0108. The maximum atomic E-state index is 12.0. The number of hydrogen-bond acceptors (Lipinski definition) is 5. The molecule has 0 aromatic heterocycles. The molecule has 2 N–H and O–H groups in total. The molecule has 1 saturated heterocycles. The minimum atomic E-state index is -0.436. The van der Waals surface area contributed by atoms with Crippen molar-refractivity contribution < 1.29 is 9.72 Å². The first kappa shape index (κ1) is 15.2. The molecule has 0 aliphatic carbocycles. The Hall–Kier alpha value is -2.15. The summed E-state index contributed by atoms with van der Waals surface area (Å²) in [6, 6.07) is 4.73. The van der Waals surface area contributed by atoms with E-state index in [4.69, 9.17) is 0 Å². The van der Waals surface area contributed by atoms with Crippen molar-refractivity contribution in [3.63, 3.8) is 0 Å². The van der Waals surface area contributed by atoms with Crippen LogP contribution >= 0.6 is 0 Å². The van der Waals surface area contributed by atoms with Gasteiger partial charge < -0.3 is 15.5 Å². The van der Waals surface area contributed by atoms with Gasteiger partial charge in [-0.25, -0.2) is 0 Å². The summed E-state index contributed by atoms with van der Waals surface area (Å²) in [6.45, 7) is 1.59. The van der Waals surface area contributed by atoms with Gasteiger partial charge in [-0.3, -0.25) is 14.9 Å². The molecule has 1 aliphatic heterocycles. The molecule has 7 heteroatoms. The molecule has 114 valence electrons. The lowest BCUT2D eigenvalue weighted by atomic mass is 10.1. The average molecular weight is 292 g/mol. The van der Waals surface area contributed by atoms with Crippen molar-refractivity contribution >= 4 is 17.3 Å². The Balaban J connectivity index is 2.19. The fourth-order valence-electron chi connectivity index (χ4n) is 2.39. The molecule has 1 aromatic rings. The Morgan fingerprint density at radius 2 is 2.29 bits per heavy atom.